The van der Waals surface area contributed by atoms with Crippen molar-refractivity contribution in [3.05, 3.63) is 17.0 Å². The SMILES string of the molecule is CCS(=O)(=O)NCCc1ccc(S(=O)(=O)NCC2CCCNC2)s1. The van der Waals surface area contributed by atoms with Crippen molar-refractivity contribution in [3.63, 3.8) is 0 Å². The Hall–Kier alpha value is -0.520. The van der Waals surface area contributed by atoms with Gasteiger partial charge in [-0.3, -0.25) is 0 Å². The molecular weight excluding hydrogens is 370 g/mol. The Morgan fingerprint density at radius 1 is 1.25 bits per heavy atom. The highest BCUT2D eigenvalue weighted by molar-refractivity contribution is 7.91. The zero-order valence-electron chi connectivity index (χ0n) is 13.7. The molecule has 24 heavy (non-hydrogen) atoms. The summed E-state index contributed by atoms with van der Waals surface area (Å²) in [6.07, 6.45) is 2.58. The predicted molar refractivity (Wildman–Crippen MR) is 96.3 cm³/mol. The molecule has 1 aliphatic heterocycles. The molecule has 1 saturated heterocycles. The van der Waals surface area contributed by atoms with Crippen LogP contribution in [0.2, 0.25) is 0 Å². The Bertz CT molecular complexity index is 722. The summed E-state index contributed by atoms with van der Waals surface area (Å²) in [7, 11) is -6.71. The van der Waals surface area contributed by atoms with E-state index in [1.807, 2.05) is 0 Å². The molecule has 0 saturated carbocycles. The van der Waals surface area contributed by atoms with Gasteiger partial charge in [0, 0.05) is 18.0 Å². The maximum atomic E-state index is 12.3. The highest BCUT2D eigenvalue weighted by Gasteiger charge is 2.20. The average Bonchev–Trinajstić information content (AvgIpc) is 3.04. The van der Waals surface area contributed by atoms with Gasteiger partial charge in [0.05, 0.1) is 5.75 Å². The van der Waals surface area contributed by atoms with Gasteiger partial charge in [-0.05, 0) is 57.3 Å². The molecule has 0 spiro atoms. The van der Waals surface area contributed by atoms with Crippen LogP contribution in [0.3, 0.4) is 0 Å². The fourth-order valence-corrected chi connectivity index (χ4v) is 5.60. The highest BCUT2D eigenvalue weighted by atomic mass is 32.2. The first-order chi connectivity index (χ1) is 11.3. The molecule has 0 radical (unpaired) electrons. The third-order valence-electron chi connectivity index (χ3n) is 3.94. The van der Waals surface area contributed by atoms with Crippen LogP contribution in [0, 0.1) is 5.92 Å². The lowest BCUT2D eigenvalue weighted by Gasteiger charge is -2.22. The first-order valence-corrected chi connectivity index (χ1v) is 12.0. The lowest BCUT2D eigenvalue weighted by Crippen LogP contribution is -2.37. The Labute approximate surface area is 148 Å². The second kappa shape index (κ2) is 8.72. The Balaban J connectivity index is 1.86. The smallest absolute Gasteiger partial charge is 0.250 e. The molecule has 1 unspecified atom stereocenters. The minimum Gasteiger partial charge on any atom is -0.316 e. The molecule has 1 aromatic rings. The van der Waals surface area contributed by atoms with Crippen LogP contribution in [-0.4, -0.2) is 48.8 Å². The van der Waals surface area contributed by atoms with Crippen LogP contribution >= 0.6 is 11.3 Å². The third kappa shape index (κ3) is 6.08. The number of hydrogen-bond acceptors (Lipinski definition) is 6. The monoisotopic (exact) mass is 395 g/mol. The summed E-state index contributed by atoms with van der Waals surface area (Å²) >= 11 is 1.18. The number of hydrogen-bond donors (Lipinski definition) is 3. The highest BCUT2D eigenvalue weighted by Crippen LogP contribution is 2.22. The van der Waals surface area contributed by atoms with Gasteiger partial charge >= 0.3 is 0 Å². The van der Waals surface area contributed by atoms with E-state index in [0.717, 1.165) is 30.8 Å². The summed E-state index contributed by atoms with van der Waals surface area (Å²) in [6.45, 7) is 4.14. The van der Waals surface area contributed by atoms with E-state index in [1.54, 1.807) is 19.1 Å². The summed E-state index contributed by atoms with van der Waals surface area (Å²) in [6, 6.07) is 3.32. The normalized spacial score (nSPS) is 19.5. The molecule has 2 rings (SSSR count). The Morgan fingerprint density at radius 2 is 2.04 bits per heavy atom. The fraction of sp³-hybridized carbons (Fsp3) is 0.714. The van der Waals surface area contributed by atoms with Gasteiger partial charge in [0.1, 0.15) is 4.21 Å². The molecule has 7 nitrogen and oxygen atoms in total. The van der Waals surface area contributed by atoms with Crippen LogP contribution < -0.4 is 14.8 Å². The quantitative estimate of drug-likeness (QED) is 0.565. The van der Waals surface area contributed by atoms with Crippen LogP contribution in [0.4, 0.5) is 0 Å². The topological polar surface area (TPSA) is 104 Å². The van der Waals surface area contributed by atoms with Crippen molar-refractivity contribution >= 4 is 31.4 Å². The van der Waals surface area contributed by atoms with Crippen LogP contribution in [0.25, 0.3) is 0 Å². The van der Waals surface area contributed by atoms with Gasteiger partial charge in [0.15, 0.2) is 0 Å². The second-order valence-electron chi connectivity index (χ2n) is 5.83. The average molecular weight is 396 g/mol. The third-order valence-corrected chi connectivity index (χ3v) is 8.40. The van der Waals surface area contributed by atoms with Gasteiger partial charge < -0.3 is 5.32 Å². The minimum absolute atomic E-state index is 0.0387. The van der Waals surface area contributed by atoms with E-state index < -0.39 is 20.0 Å². The molecule has 10 heteroatoms. The summed E-state index contributed by atoms with van der Waals surface area (Å²) < 4.78 is 52.8. The summed E-state index contributed by atoms with van der Waals surface area (Å²) in [5.74, 6) is 0.369. The molecule has 2 heterocycles. The largest absolute Gasteiger partial charge is 0.316 e. The molecule has 3 N–H and O–H groups in total. The van der Waals surface area contributed by atoms with E-state index in [-0.39, 0.29) is 16.5 Å². The van der Waals surface area contributed by atoms with Gasteiger partial charge in [-0.25, -0.2) is 26.3 Å². The van der Waals surface area contributed by atoms with E-state index in [4.69, 9.17) is 0 Å². The van der Waals surface area contributed by atoms with E-state index in [0.29, 0.717) is 18.9 Å². The van der Waals surface area contributed by atoms with Crippen molar-refractivity contribution in [2.75, 3.05) is 31.9 Å². The number of nitrogens with one attached hydrogen (secondary N) is 3. The van der Waals surface area contributed by atoms with Crippen molar-refractivity contribution in [2.24, 2.45) is 5.92 Å². The zero-order chi connectivity index (χ0) is 17.6. The Morgan fingerprint density at radius 3 is 2.71 bits per heavy atom. The van der Waals surface area contributed by atoms with Crippen molar-refractivity contribution in [1.82, 2.24) is 14.8 Å². The van der Waals surface area contributed by atoms with Gasteiger partial charge in [0.25, 0.3) is 0 Å². The fourth-order valence-electron chi connectivity index (χ4n) is 2.47. The van der Waals surface area contributed by atoms with E-state index in [1.165, 1.54) is 11.3 Å². The molecule has 0 amide bonds. The van der Waals surface area contributed by atoms with Crippen LogP contribution in [-0.2, 0) is 26.5 Å². The number of piperidine rings is 1. The summed E-state index contributed by atoms with van der Waals surface area (Å²) in [5, 5.41) is 3.27. The van der Waals surface area contributed by atoms with Gasteiger partial charge in [-0.15, -0.1) is 11.3 Å². The number of thiophene rings is 1. The zero-order valence-corrected chi connectivity index (χ0v) is 16.2. The van der Waals surface area contributed by atoms with Crippen molar-refractivity contribution in [2.45, 2.75) is 30.4 Å². The van der Waals surface area contributed by atoms with Crippen molar-refractivity contribution in [1.29, 1.82) is 0 Å². The van der Waals surface area contributed by atoms with Crippen LogP contribution in [0.15, 0.2) is 16.3 Å². The van der Waals surface area contributed by atoms with Crippen LogP contribution in [0.1, 0.15) is 24.6 Å². The first-order valence-electron chi connectivity index (χ1n) is 8.09. The molecule has 1 atom stereocenters. The maximum absolute atomic E-state index is 12.3. The Kier molecular flexibility index (Phi) is 7.20. The van der Waals surface area contributed by atoms with Gasteiger partial charge in [-0.1, -0.05) is 0 Å². The van der Waals surface area contributed by atoms with E-state index in [9.17, 15) is 16.8 Å². The molecule has 0 aromatic carbocycles. The predicted octanol–water partition coefficient (Wildman–Crippen LogP) is 0.508. The minimum atomic E-state index is -3.49. The first kappa shape index (κ1) is 19.8. The van der Waals surface area contributed by atoms with Crippen LogP contribution in [0.5, 0.6) is 0 Å². The van der Waals surface area contributed by atoms with Gasteiger partial charge in [0.2, 0.25) is 20.0 Å². The molecule has 1 aromatic heterocycles. The molecule has 0 bridgehead atoms. The lowest BCUT2D eigenvalue weighted by molar-refractivity contribution is 0.376. The van der Waals surface area contributed by atoms with Gasteiger partial charge in [-0.2, -0.15) is 0 Å². The summed E-state index contributed by atoms with van der Waals surface area (Å²) in [4.78, 5) is 0.841. The number of rotatable bonds is 9. The lowest BCUT2D eigenvalue weighted by atomic mass is 10.0. The molecule has 1 aliphatic rings. The van der Waals surface area contributed by atoms with E-state index >= 15 is 0 Å². The standard InChI is InChI=1S/C14H25N3O4S3/c1-2-23(18,19)16-9-7-13-5-6-14(22-13)24(20,21)17-11-12-4-3-8-15-10-12/h5-6,12,15-17H,2-4,7-11H2,1H3. The molecular formula is C14H25N3O4S3. The molecule has 1 fully saturated rings. The van der Waals surface area contributed by atoms with E-state index in [2.05, 4.69) is 14.8 Å². The second-order valence-corrected chi connectivity index (χ2v) is 11.1. The van der Waals surface area contributed by atoms with Crippen molar-refractivity contribution in [3.8, 4) is 0 Å². The van der Waals surface area contributed by atoms with Crippen molar-refractivity contribution < 1.29 is 16.8 Å². The maximum Gasteiger partial charge on any atom is 0.250 e. The summed E-state index contributed by atoms with van der Waals surface area (Å²) in [5.41, 5.74) is 0. The number of sulfonamides is 2. The molecule has 138 valence electrons. The molecule has 0 aliphatic carbocycles.